The standard InChI is InChI=1S/C14H8BrF2N3O2/c15-8-3-1-7(2-4-8)10-5-11(12(16)17)20-13(19-10)9(6-18-20)14(21)22/h1-6,12H,(H,21,22). The molecule has 0 saturated heterocycles. The van der Waals surface area contributed by atoms with Crippen LogP contribution >= 0.6 is 15.9 Å². The molecule has 1 N–H and O–H groups in total. The number of carboxylic acids is 1. The Morgan fingerprint density at radius 3 is 2.55 bits per heavy atom. The molecular formula is C14H8BrF2N3O2. The number of carbonyl (C=O) groups is 1. The summed E-state index contributed by atoms with van der Waals surface area (Å²) >= 11 is 3.29. The van der Waals surface area contributed by atoms with Crippen LogP contribution in [0.4, 0.5) is 8.78 Å². The minimum atomic E-state index is -2.80. The summed E-state index contributed by atoms with van der Waals surface area (Å²) in [6.07, 6.45) is -1.79. The first-order valence-electron chi connectivity index (χ1n) is 6.13. The van der Waals surface area contributed by atoms with E-state index in [-0.39, 0.29) is 16.9 Å². The van der Waals surface area contributed by atoms with Crippen LogP contribution in [0.2, 0.25) is 0 Å². The summed E-state index contributed by atoms with van der Waals surface area (Å²) in [5.74, 6) is -1.27. The van der Waals surface area contributed by atoms with E-state index in [1.54, 1.807) is 24.3 Å². The van der Waals surface area contributed by atoms with Crippen LogP contribution in [0.1, 0.15) is 22.5 Å². The molecule has 0 spiro atoms. The fourth-order valence-electron chi connectivity index (χ4n) is 2.06. The minimum absolute atomic E-state index is 0.108. The van der Waals surface area contributed by atoms with Crippen molar-refractivity contribution >= 4 is 27.5 Å². The van der Waals surface area contributed by atoms with Gasteiger partial charge in [0.05, 0.1) is 11.9 Å². The lowest BCUT2D eigenvalue weighted by molar-refractivity contribution is 0.0698. The second-order valence-electron chi connectivity index (χ2n) is 4.47. The van der Waals surface area contributed by atoms with E-state index in [2.05, 4.69) is 26.0 Å². The summed E-state index contributed by atoms with van der Waals surface area (Å²) in [5.41, 5.74) is 0.128. The van der Waals surface area contributed by atoms with Gasteiger partial charge < -0.3 is 5.11 Å². The third kappa shape index (κ3) is 2.45. The fraction of sp³-hybridized carbons (Fsp3) is 0.0714. The summed E-state index contributed by atoms with van der Waals surface area (Å²) < 4.78 is 28.1. The molecule has 0 aliphatic rings. The van der Waals surface area contributed by atoms with E-state index in [9.17, 15) is 13.6 Å². The van der Waals surface area contributed by atoms with Gasteiger partial charge in [-0.3, -0.25) is 0 Å². The van der Waals surface area contributed by atoms with Crippen LogP contribution in [0.3, 0.4) is 0 Å². The van der Waals surface area contributed by atoms with E-state index in [1.165, 1.54) is 6.07 Å². The second kappa shape index (κ2) is 5.45. The largest absolute Gasteiger partial charge is 0.477 e. The van der Waals surface area contributed by atoms with Gasteiger partial charge in [0.2, 0.25) is 0 Å². The Kier molecular flexibility index (Phi) is 3.61. The van der Waals surface area contributed by atoms with Gasteiger partial charge in [-0.15, -0.1) is 0 Å². The monoisotopic (exact) mass is 367 g/mol. The molecule has 0 aliphatic carbocycles. The molecule has 8 heteroatoms. The summed E-state index contributed by atoms with van der Waals surface area (Å²) in [6.45, 7) is 0. The number of fused-ring (bicyclic) bond motifs is 1. The maximum atomic E-state index is 13.2. The topological polar surface area (TPSA) is 67.5 Å². The van der Waals surface area contributed by atoms with Crippen molar-refractivity contribution in [3.63, 3.8) is 0 Å². The van der Waals surface area contributed by atoms with Crippen LogP contribution in [0, 0.1) is 0 Å². The maximum Gasteiger partial charge on any atom is 0.341 e. The van der Waals surface area contributed by atoms with E-state index < -0.39 is 18.1 Å². The van der Waals surface area contributed by atoms with E-state index in [0.717, 1.165) is 15.2 Å². The molecule has 0 atom stereocenters. The molecule has 22 heavy (non-hydrogen) atoms. The number of hydrogen-bond acceptors (Lipinski definition) is 3. The van der Waals surface area contributed by atoms with Gasteiger partial charge in [-0.05, 0) is 18.2 Å². The van der Waals surface area contributed by atoms with Crippen molar-refractivity contribution in [2.75, 3.05) is 0 Å². The van der Waals surface area contributed by atoms with E-state index >= 15 is 0 Å². The normalized spacial score (nSPS) is 11.3. The van der Waals surface area contributed by atoms with Crippen LogP contribution < -0.4 is 0 Å². The zero-order chi connectivity index (χ0) is 15.9. The van der Waals surface area contributed by atoms with Crippen molar-refractivity contribution in [1.29, 1.82) is 0 Å². The van der Waals surface area contributed by atoms with Crippen LogP contribution in [-0.4, -0.2) is 25.7 Å². The smallest absolute Gasteiger partial charge is 0.341 e. The van der Waals surface area contributed by atoms with E-state index in [0.29, 0.717) is 5.56 Å². The molecule has 3 rings (SSSR count). The second-order valence-corrected chi connectivity index (χ2v) is 5.39. The number of benzene rings is 1. The van der Waals surface area contributed by atoms with Crippen LogP contribution in [-0.2, 0) is 0 Å². The first-order valence-corrected chi connectivity index (χ1v) is 6.92. The number of alkyl halides is 2. The van der Waals surface area contributed by atoms with Crippen LogP contribution in [0.5, 0.6) is 0 Å². The highest BCUT2D eigenvalue weighted by Crippen LogP contribution is 2.27. The fourth-order valence-corrected chi connectivity index (χ4v) is 2.33. The van der Waals surface area contributed by atoms with Gasteiger partial charge in [0.1, 0.15) is 11.3 Å². The molecule has 2 aromatic heterocycles. The number of halogens is 3. The third-order valence-electron chi connectivity index (χ3n) is 3.09. The summed E-state index contributed by atoms with van der Waals surface area (Å²) in [6, 6.07) is 8.11. The Morgan fingerprint density at radius 1 is 1.27 bits per heavy atom. The van der Waals surface area contributed by atoms with Crippen molar-refractivity contribution in [3.8, 4) is 11.3 Å². The van der Waals surface area contributed by atoms with Crippen molar-refractivity contribution in [1.82, 2.24) is 14.6 Å². The first-order chi connectivity index (χ1) is 10.5. The Labute approximate surface area is 131 Å². The highest BCUT2D eigenvalue weighted by molar-refractivity contribution is 9.10. The minimum Gasteiger partial charge on any atom is -0.477 e. The molecule has 0 amide bonds. The van der Waals surface area contributed by atoms with Gasteiger partial charge in [-0.2, -0.15) is 5.10 Å². The van der Waals surface area contributed by atoms with Gasteiger partial charge in [-0.1, -0.05) is 28.1 Å². The maximum absolute atomic E-state index is 13.2. The highest BCUT2D eigenvalue weighted by atomic mass is 79.9. The molecule has 0 bridgehead atoms. The number of aromatic nitrogens is 3. The molecule has 0 fully saturated rings. The Balaban J connectivity index is 2.29. The number of rotatable bonds is 3. The van der Waals surface area contributed by atoms with Crippen LogP contribution in [0.25, 0.3) is 16.9 Å². The lowest BCUT2D eigenvalue weighted by Gasteiger charge is -2.08. The molecule has 2 heterocycles. The highest BCUT2D eigenvalue weighted by Gasteiger charge is 2.21. The molecule has 1 aromatic carbocycles. The van der Waals surface area contributed by atoms with Gasteiger partial charge >= 0.3 is 5.97 Å². The molecule has 5 nitrogen and oxygen atoms in total. The number of nitrogens with zero attached hydrogens (tertiary/aromatic N) is 3. The molecule has 0 radical (unpaired) electrons. The predicted molar refractivity (Wildman–Crippen MR) is 78.0 cm³/mol. The number of hydrogen-bond donors (Lipinski definition) is 1. The lowest BCUT2D eigenvalue weighted by Crippen LogP contribution is -2.04. The average Bonchev–Trinajstić information content (AvgIpc) is 2.90. The zero-order valence-corrected chi connectivity index (χ0v) is 12.5. The Hall–Kier alpha value is -2.35. The first kappa shape index (κ1) is 14.6. The van der Waals surface area contributed by atoms with Crippen LogP contribution in [0.15, 0.2) is 41.0 Å². The predicted octanol–water partition coefficient (Wildman–Crippen LogP) is 3.79. The molecular weight excluding hydrogens is 360 g/mol. The zero-order valence-electron chi connectivity index (χ0n) is 10.9. The average molecular weight is 368 g/mol. The number of aromatic carboxylic acids is 1. The van der Waals surface area contributed by atoms with Crippen molar-refractivity contribution in [3.05, 3.63) is 52.3 Å². The van der Waals surface area contributed by atoms with Crippen molar-refractivity contribution < 1.29 is 18.7 Å². The van der Waals surface area contributed by atoms with E-state index in [4.69, 9.17) is 5.11 Å². The SMILES string of the molecule is O=C(O)c1cnn2c(C(F)F)cc(-c3ccc(Br)cc3)nc12. The quantitative estimate of drug-likeness (QED) is 0.764. The van der Waals surface area contributed by atoms with E-state index in [1.807, 2.05) is 0 Å². The number of carboxylic acid groups (broad SMARTS) is 1. The van der Waals surface area contributed by atoms with Gasteiger partial charge in [0.25, 0.3) is 6.43 Å². The Bertz CT molecular complexity index is 862. The van der Waals surface area contributed by atoms with Gasteiger partial charge in [0.15, 0.2) is 5.65 Å². The molecule has 3 aromatic rings. The van der Waals surface area contributed by atoms with Gasteiger partial charge in [-0.25, -0.2) is 23.1 Å². The third-order valence-corrected chi connectivity index (χ3v) is 3.62. The molecule has 112 valence electrons. The molecule has 0 unspecified atom stereocenters. The Morgan fingerprint density at radius 2 is 1.95 bits per heavy atom. The summed E-state index contributed by atoms with van der Waals surface area (Å²) in [4.78, 5) is 15.3. The van der Waals surface area contributed by atoms with Gasteiger partial charge in [0, 0.05) is 10.0 Å². The van der Waals surface area contributed by atoms with Crippen molar-refractivity contribution in [2.24, 2.45) is 0 Å². The summed E-state index contributed by atoms with van der Waals surface area (Å²) in [5, 5.41) is 12.8. The van der Waals surface area contributed by atoms with Crippen molar-refractivity contribution in [2.45, 2.75) is 6.43 Å². The molecule has 0 aliphatic heterocycles. The summed E-state index contributed by atoms with van der Waals surface area (Å²) in [7, 11) is 0. The molecule has 0 saturated carbocycles. The lowest BCUT2D eigenvalue weighted by atomic mass is 10.1.